The molecule has 1 amide bonds. The SMILES string of the molecule is CNC(=O)CN(CCN(CO)CC(=O)O)C(COC(=O)COC(=O)OC1CC[C@@]2(C)C(CCC3C2CC[C@@]2(C)C3CCC2[C@H](C)CCCC(C)C)C1)N(CC(=O)O)CC(=O)O. The highest BCUT2D eigenvalue weighted by atomic mass is 16.7. The van der Waals surface area contributed by atoms with Crippen molar-refractivity contribution in [1.82, 2.24) is 20.0 Å². The van der Waals surface area contributed by atoms with Crippen molar-refractivity contribution in [2.45, 2.75) is 124 Å². The average molecular weight is 867 g/mol. The maximum absolute atomic E-state index is 12.9. The van der Waals surface area contributed by atoms with Crippen LogP contribution in [-0.4, -0.2) is 150 Å². The molecule has 0 aromatic heterocycles. The number of carbonyl (C=O) groups is 6. The number of aliphatic hydroxyl groups excluding tert-OH is 1. The molecule has 0 radical (unpaired) electrons. The average Bonchev–Trinajstić information content (AvgIpc) is 3.55. The molecule has 0 heterocycles. The van der Waals surface area contributed by atoms with E-state index in [4.69, 9.17) is 14.2 Å². The summed E-state index contributed by atoms with van der Waals surface area (Å²) < 4.78 is 16.3. The molecule has 5 N–H and O–H groups in total. The number of carboxylic acids is 3. The third kappa shape index (κ3) is 13.5. The molecule has 4 aliphatic rings. The highest BCUT2D eigenvalue weighted by Gasteiger charge is 2.60. The third-order valence-corrected chi connectivity index (χ3v) is 15.2. The highest BCUT2D eigenvalue weighted by molar-refractivity contribution is 5.78. The van der Waals surface area contributed by atoms with E-state index in [0.29, 0.717) is 23.7 Å². The number of fused-ring (bicyclic) bond motifs is 5. The fourth-order valence-electron chi connectivity index (χ4n) is 12.2. The van der Waals surface area contributed by atoms with Crippen molar-refractivity contribution in [3.8, 4) is 0 Å². The Kier molecular flexibility index (Phi) is 18.6. The van der Waals surface area contributed by atoms with Gasteiger partial charge in [-0.3, -0.25) is 33.9 Å². The molecule has 4 saturated carbocycles. The van der Waals surface area contributed by atoms with Gasteiger partial charge in [0.15, 0.2) is 6.61 Å². The highest BCUT2D eigenvalue weighted by Crippen LogP contribution is 2.68. The Labute approximate surface area is 361 Å². The first-order valence-electron chi connectivity index (χ1n) is 22.5. The number of hydrogen-bond donors (Lipinski definition) is 5. The lowest BCUT2D eigenvalue weighted by molar-refractivity contribution is -0.156. The van der Waals surface area contributed by atoms with E-state index in [2.05, 4.69) is 39.9 Å². The normalized spacial score (nSPS) is 29.3. The molecule has 348 valence electrons. The first-order valence-corrected chi connectivity index (χ1v) is 22.5. The quantitative estimate of drug-likeness (QED) is 0.0670. The minimum atomic E-state index is -1.40. The van der Waals surface area contributed by atoms with Gasteiger partial charge < -0.3 is 40.0 Å². The van der Waals surface area contributed by atoms with Crippen molar-refractivity contribution in [3.63, 3.8) is 0 Å². The summed E-state index contributed by atoms with van der Waals surface area (Å²) in [4.78, 5) is 76.6. The van der Waals surface area contributed by atoms with Crippen molar-refractivity contribution >= 4 is 35.9 Å². The maximum atomic E-state index is 12.9. The fourth-order valence-corrected chi connectivity index (χ4v) is 12.2. The number of carbonyl (C=O) groups excluding carboxylic acids is 3. The van der Waals surface area contributed by atoms with Crippen molar-refractivity contribution < 1.29 is 63.4 Å². The third-order valence-electron chi connectivity index (χ3n) is 15.2. The number of esters is 1. The molecule has 7 unspecified atom stereocenters. The first kappa shape index (κ1) is 50.1. The van der Waals surface area contributed by atoms with E-state index < -0.39 is 88.2 Å². The van der Waals surface area contributed by atoms with Gasteiger partial charge in [-0.2, -0.15) is 0 Å². The van der Waals surface area contributed by atoms with Gasteiger partial charge in [0.2, 0.25) is 5.91 Å². The lowest BCUT2D eigenvalue weighted by atomic mass is 9.44. The Morgan fingerprint density at radius 1 is 0.754 bits per heavy atom. The van der Waals surface area contributed by atoms with Crippen LogP contribution in [0.2, 0.25) is 0 Å². The molecular weight excluding hydrogens is 792 g/mol. The second-order valence-corrected chi connectivity index (χ2v) is 19.3. The zero-order chi connectivity index (χ0) is 45.1. The number of nitrogens with zero attached hydrogens (tertiary/aromatic N) is 3. The van der Waals surface area contributed by atoms with Gasteiger partial charge in [-0.1, -0.05) is 53.9 Å². The van der Waals surface area contributed by atoms with Gasteiger partial charge in [0.05, 0.1) is 39.1 Å². The van der Waals surface area contributed by atoms with E-state index >= 15 is 0 Å². The van der Waals surface area contributed by atoms with Crippen molar-refractivity contribution in [2.24, 2.45) is 52.3 Å². The molecule has 4 rings (SSSR count). The van der Waals surface area contributed by atoms with E-state index in [1.165, 1.54) is 63.3 Å². The number of carboxylic acid groups (broad SMARTS) is 3. The Bertz CT molecular complexity index is 1500. The van der Waals surface area contributed by atoms with Crippen LogP contribution in [0.1, 0.15) is 112 Å². The van der Waals surface area contributed by atoms with E-state index in [0.717, 1.165) is 58.7 Å². The summed E-state index contributed by atoms with van der Waals surface area (Å²) in [5.41, 5.74) is 0.601. The number of likely N-dealkylation sites (N-methyl/N-ethyl adjacent to an activating group) is 1. The topological polar surface area (TPSA) is 233 Å². The number of rotatable bonds is 24. The zero-order valence-electron chi connectivity index (χ0n) is 37.4. The molecule has 0 bridgehead atoms. The molecule has 61 heavy (non-hydrogen) atoms. The standard InChI is InChI=1S/C44H74N4O13/c1-28(2)8-7-9-29(3)33-12-13-34-32-11-10-30-20-31(14-16-43(30,4)35(32)15-17-44(33,34)5)61-42(58)60-26-41(57)59-25-37(48(23-39(53)54)24-40(55)56)47(21-36(50)45-6)19-18-46(27-49)22-38(51)52/h28-35,37,49H,7-27H2,1-6H3,(H,45,50)(H,51,52)(H,53,54)(H,55,56)/t29-,30?,31?,32?,33?,34?,35?,37?,43+,44-/m1/s1. The molecule has 4 fully saturated rings. The smallest absolute Gasteiger partial charge is 0.480 e. The van der Waals surface area contributed by atoms with Crippen LogP contribution >= 0.6 is 0 Å². The van der Waals surface area contributed by atoms with Crippen LogP contribution in [-0.2, 0) is 38.2 Å². The summed E-state index contributed by atoms with van der Waals surface area (Å²) in [5.74, 6) is -0.682. The minimum absolute atomic E-state index is 0.131. The molecule has 17 heteroatoms. The maximum Gasteiger partial charge on any atom is 0.509 e. The van der Waals surface area contributed by atoms with E-state index in [1.807, 2.05) is 0 Å². The summed E-state index contributed by atoms with van der Waals surface area (Å²) in [6, 6.07) is 0. The number of aliphatic hydroxyl groups is 1. The Morgan fingerprint density at radius 3 is 2.03 bits per heavy atom. The monoisotopic (exact) mass is 867 g/mol. The van der Waals surface area contributed by atoms with Gasteiger partial charge in [-0.15, -0.1) is 0 Å². The number of hydrogen-bond acceptors (Lipinski definition) is 13. The van der Waals surface area contributed by atoms with E-state index in [9.17, 15) is 49.2 Å². The van der Waals surface area contributed by atoms with Crippen LogP contribution in [0.3, 0.4) is 0 Å². The van der Waals surface area contributed by atoms with E-state index in [-0.39, 0.29) is 24.6 Å². The van der Waals surface area contributed by atoms with Crippen molar-refractivity contribution in [3.05, 3.63) is 0 Å². The van der Waals surface area contributed by atoms with Crippen LogP contribution < -0.4 is 5.32 Å². The van der Waals surface area contributed by atoms with Gasteiger partial charge in [-0.05, 0) is 110 Å². The van der Waals surface area contributed by atoms with Gasteiger partial charge >= 0.3 is 30.0 Å². The van der Waals surface area contributed by atoms with Gasteiger partial charge in [-0.25, -0.2) is 9.59 Å². The molecular formula is C44H74N4O13. The minimum Gasteiger partial charge on any atom is -0.480 e. The molecule has 0 aromatic carbocycles. The predicted molar refractivity (Wildman–Crippen MR) is 223 cm³/mol. The van der Waals surface area contributed by atoms with Crippen molar-refractivity contribution in [2.75, 3.05) is 66.3 Å². The molecule has 10 atom stereocenters. The van der Waals surface area contributed by atoms with Gasteiger partial charge in [0.1, 0.15) is 12.7 Å². The molecule has 0 aliphatic heterocycles. The molecule has 0 aromatic rings. The predicted octanol–water partition coefficient (Wildman–Crippen LogP) is 4.35. The number of amides is 1. The van der Waals surface area contributed by atoms with E-state index in [1.54, 1.807) is 0 Å². The van der Waals surface area contributed by atoms with Crippen LogP contribution in [0.5, 0.6) is 0 Å². The number of aliphatic carboxylic acids is 3. The van der Waals surface area contributed by atoms with Gasteiger partial charge in [0.25, 0.3) is 0 Å². The van der Waals surface area contributed by atoms with Crippen LogP contribution in [0, 0.1) is 52.3 Å². The zero-order valence-corrected chi connectivity index (χ0v) is 37.4. The van der Waals surface area contributed by atoms with Gasteiger partial charge in [0, 0.05) is 20.1 Å². The summed E-state index contributed by atoms with van der Waals surface area (Å²) in [5, 5.41) is 40.4. The number of ether oxygens (including phenoxy) is 3. The summed E-state index contributed by atoms with van der Waals surface area (Å²) in [6.45, 7) is 7.19. The summed E-state index contributed by atoms with van der Waals surface area (Å²) in [6.07, 6.45) is 11.3. The second-order valence-electron chi connectivity index (χ2n) is 19.3. The number of nitrogens with one attached hydrogen (secondary N) is 1. The largest absolute Gasteiger partial charge is 0.509 e. The lowest BCUT2D eigenvalue weighted by Crippen LogP contribution is -2.57. The Balaban J connectivity index is 1.32. The lowest BCUT2D eigenvalue weighted by Gasteiger charge is -2.61. The van der Waals surface area contributed by atoms with Crippen LogP contribution in [0.4, 0.5) is 4.79 Å². The molecule has 0 spiro atoms. The summed E-state index contributed by atoms with van der Waals surface area (Å²) >= 11 is 0. The van der Waals surface area contributed by atoms with Crippen molar-refractivity contribution in [1.29, 1.82) is 0 Å². The van der Waals surface area contributed by atoms with Crippen LogP contribution in [0.15, 0.2) is 0 Å². The van der Waals surface area contributed by atoms with Crippen LogP contribution in [0.25, 0.3) is 0 Å². The molecule has 0 saturated heterocycles. The Hall–Kier alpha value is -3.54. The summed E-state index contributed by atoms with van der Waals surface area (Å²) in [7, 11) is 1.35. The Morgan fingerprint density at radius 2 is 1.41 bits per heavy atom. The second kappa shape index (κ2) is 22.7. The molecule has 4 aliphatic carbocycles. The first-order chi connectivity index (χ1) is 28.8. The molecule has 17 nitrogen and oxygen atoms in total. The fraction of sp³-hybridized carbons (Fsp3) is 0.864.